The third-order valence-electron chi connectivity index (χ3n) is 3.23. The van der Waals surface area contributed by atoms with Gasteiger partial charge in [-0.25, -0.2) is 0 Å². The summed E-state index contributed by atoms with van der Waals surface area (Å²) in [6, 6.07) is 8.23. The number of fused-ring (bicyclic) bond motifs is 1. The van der Waals surface area contributed by atoms with E-state index in [0.717, 1.165) is 30.0 Å². The van der Waals surface area contributed by atoms with Crippen molar-refractivity contribution in [2.75, 3.05) is 25.1 Å². The van der Waals surface area contributed by atoms with Crippen molar-refractivity contribution in [3.63, 3.8) is 0 Å². The number of anilines is 1. The van der Waals surface area contributed by atoms with Gasteiger partial charge in [0, 0.05) is 35.9 Å². The van der Waals surface area contributed by atoms with Crippen LogP contribution in [-0.2, 0) is 0 Å². The number of nitrogens with zero attached hydrogens (tertiary/aromatic N) is 2. The van der Waals surface area contributed by atoms with E-state index in [1.165, 1.54) is 11.1 Å². The van der Waals surface area contributed by atoms with Crippen LogP contribution in [0.1, 0.15) is 19.5 Å². The molecule has 18 heavy (non-hydrogen) atoms. The maximum absolute atomic E-state index is 5.26. The number of pyridine rings is 1. The summed E-state index contributed by atoms with van der Waals surface area (Å²) in [5, 5.41) is 1.19. The van der Waals surface area contributed by atoms with Gasteiger partial charge in [0.2, 0.25) is 0 Å². The first-order chi connectivity index (χ1) is 8.69. The molecule has 1 heterocycles. The summed E-state index contributed by atoms with van der Waals surface area (Å²) in [6.45, 7) is 8.39. The minimum atomic E-state index is 0.853. The predicted molar refractivity (Wildman–Crippen MR) is 76.6 cm³/mol. The van der Waals surface area contributed by atoms with Gasteiger partial charge in [0.05, 0.1) is 12.6 Å². The topological polar surface area (TPSA) is 25.4 Å². The molecule has 0 fully saturated rings. The number of hydrogen-bond donors (Lipinski definition) is 0. The second-order valence-corrected chi connectivity index (χ2v) is 4.34. The third kappa shape index (κ3) is 2.26. The van der Waals surface area contributed by atoms with Crippen molar-refractivity contribution in [1.82, 2.24) is 4.98 Å². The van der Waals surface area contributed by atoms with Gasteiger partial charge in [-0.1, -0.05) is 0 Å². The van der Waals surface area contributed by atoms with Gasteiger partial charge < -0.3 is 9.64 Å². The standard InChI is InChI=1S/C15H20N2O/c1-5-17(6-2)15-9-11(3)16-14-10-12(18-4)7-8-13(14)15/h7-10H,5-6H2,1-4H3. The Hall–Kier alpha value is -1.77. The average Bonchev–Trinajstić information content (AvgIpc) is 2.39. The summed E-state index contributed by atoms with van der Waals surface area (Å²) in [4.78, 5) is 6.94. The molecule has 0 saturated heterocycles. The zero-order chi connectivity index (χ0) is 13.1. The summed E-state index contributed by atoms with van der Waals surface area (Å²) in [5.41, 5.74) is 3.29. The lowest BCUT2D eigenvalue weighted by molar-refractivity contribution is 0.415. The van der Waals surface area contributed by atoms with Gasteiger partial charge in [-0.05, 0) is 39.0 Å². The van der Waals surface area contributed by atoms with E-state index in [2.05, 4.69) is 35.9 Å². The number of benzene rings is 1. The zero-order valence-electron chi connectivity index (χ0n) is 11.5. The molecule has 0 unspecified atom stereocenters. The molecule has 2 rings (SSSR count). The van der Waals surface area contributed by atoms with E-state index in [1.807, 2.05) is 19.1 Å². The molecule has 2 aromatic rings. The van der Waals surface area contributed by atoms with Crippen LogP contribution in [0.4, 0.5) is 5.69 Å². The molecule has 0 aliphatic carbocycles. The summed E-state index contributed by atoms with van der Waals surface area (Å²) < 4.78 is 5.26. The smallest absolute Gasteiger partial charge is 0.121 e. The largest absolute Gasteiger partial charge is 0.497 e. The van der Waals surface area contributed by atoms with Gasteiger partial charge in [-0.15, -0.1) is 0 Å². The molecule has 96 valence electrons. The van der Waals surface area contributed by atoms with E-state index in [-0.39, 0.29) is 0 Å². The second-order valence-electron chi connectivity index (χ2n) is 4.34. The Labute approximate surface area is 108 Å². The van der Waals surface area contributed by atoms with Gasteiger partial charge in [-0.2, -0.15) is 0 Å². The summed E-state index contributed by atoms with van der Waals surface area (Å²) in [6.07, 6.45) is 0. The summed E-state index contributed by atoms with van der Waals surface area (Å²) in [5.74, 6) is 0.853. The van der Waals surface area contributed by atoms with Crippen LogP contribution in [0.3, 0.4) is 0 Å². The summed E-state index contributed by atoms with van der Waals surface area (Å²) >= 11 is 0. The minimum absolute atomic E-state index is 0.853. The Morgan fingerprint density at radius 1 is 1.17 bits per heavy atom. The molecule has 0 aliphatic rings. The molecule has 1 aromatic heterocycles. The first kappa shape index (κ1) is 12.7. The highest BCUT2D eigenvalue weighted by atomic mass is 16.5. The maximum atomic E-state index is 5.26. The van der Waals surface area contributed by atoms with E-state index < -0.39 is 0 Å². The van der Waals surface area contributed by atoms with Gasteiger partial charge in [0.15, 0.2) is 0 Å². The Kier molecular flexibility index (Phi) is 3.70. The fourth-order valence-corrected chi connectivity index (χ4v) is 2.27. The molecular formula is C15H20N2O. The minimum Gasteiger partial charge on any atom is -0.497 e. The quantitative estimate of drug-likeness (QED) is 0.824. The molecule has 0 radical (unpaired) electrons. The summed E-state index contributed by atoms with van der Waals surface area (Å²) in [7, 11) is 1.68. The number of methoxy groups -OCH3 is 1. The number of aryl methyl sites for hydroxylation is 1. The molecule has 3 heteroatoms. The molecule has 0 spiro atoms. The van der Waals surface area contributed by atoms with Crippen molar-refractivity contribution < 1.29 is 4.74 Å². The molecule has 0 bridgehead atoms. The van der Waals surface area contributed by atoms with Crippen molar-refractivity contribution >= 4 is 16.6 Å². The molecule has 0 N–H and O–H groups in total. The fourth-order valence-electron chi connectivity index (χ4n) is 2.27. The van der Waals surface area contributed by atoms with E-state index in [0.29, 0.717) is 0 Å². The normalized spacial score (nSPS) is 10.7. The molecule has 0 aliphatic heterocycles. The Balaban J connectivity index is 2.65. The van der Waals surface area contributed by atoms with E-state index in [4.69, 9.17) is 4.74 Å². The highest BCUT2D eigenvalue weighted by molar-refractivity contribution is 5.92. The lowest BCUT2D eigenvalue weighted by atomic mass is 10.1. The van der Waals surface area contributed by atoms with Crippen LogP contribution < -0.4 is 9.64 Å². The number of rotatable bonds is 4. The van der Waals surface area contributed by atoms with E-state index in [1.54, 1.807) is 7.11 Å². The number of aromatic nitrogens is 1. The van der Waals surface area contributed by atoms with Crippen LogP contribution in [0, 0.1) is 6.92 Å². The molecule has 1 aromatic carbocycles. The molecular weight excluding hydrogens is 224 g/mol. The van der Waals surface area contributed by atoms with Crippen LogP contribution >= 0.6 is 0 Å². The second kappa shape index (κ2) is 5.25. The van der Waals surface area contributed by atoms with Crippen molar-refractivity contribution in [2.24, 2.45) is 0 Å². The first-order valence-electron chi connectivity index (χ1n) is 6.40. The molecule has 0 saturated carbocycles. The van der Waals surface area contributed by atoms with Crippen molar-refractivity contribution in [3.05, 3.63) is 30.0 Å². The van der Waals surface area contributed by atoms with Gasteiger partial charge >= 0.3 is 0 Å². The number of hydrogen-bond acceptors (Lipinski definition) is 3. The Morgan fingerprint density at radius 3 is 2.50 bits per heavy atom. The highest BCUT2D eigenvalue weighted by Gasteiger charge is 2.09. The highest BCUT2D eigenvalue weighted by Crippen LogP contribution is 2.29. The van der Waals surface area contributed by atoms with E-state index >= 15 is 0 Å². The van der Waals surface area contributed by atoms with Gasteiger partial charge in [0.25, 0.3) is 0 Å². The van der Waals surface area contributed by atoms with Crippen LogP contribution in [0.15, 0.2) is 24.3 Å². The average molecular weight is 244 g/mol. The third-order valence-corrected chi connectivity index (χ3v) is 3.23. The fraction of sp³-hybridized carbons (Fsp3) is 0.400. The monoisotopic (exact) mass is 244 g/mol. The maximum Gasteiger partial charge on any atom is 0.121 e. The van der Waals surface area contributed by atoms with Gasteiger partial charge in [-0.3, -0.25) is 4.98 Å². The molecule has 0 amide bonds. The SMILES string of the molecule is CCN(CC)c1cc(C)nc2cc(OC)ccc12. The van der Waals surface area contributed by atoms with E-state index in [9.17, 15) is 0 Å². The first-order valence-corrected chi connectivity index (χ1v) is 6.40. The Morgan fingerprint density at radius 2 is 1.89 bits per heavy atom. The van der Waals surface area contributed by atoms with Crippen LogP contribution in [0.2, 0.25) is 0 Å². The van der Waals surface area contributed by atoms with Crippen LogP contribution in [0.5, 0.6) is 5.75 Å². The zero-order valence-corrected chi connectivity index (χ0v) is 11.5. The van der Waals surface area contributed by atoms with Crippen molar-refractivity contribution in [3.8, 4) is 5.75 Å². The molecule has 3 nitrogen and oxygen atoms in total. The van der Waals surface area contributed by atoms with Gasteiger partial charge in [0.1, 0.15) is 5.75 Å². The number of ether oxygens (including phenoxy) is 1. The lowest BCUT2D eigenvalue weighted by Gasteiger charge is -2.23. The van der Waals surface area contributed by atoms with Crippen LogP contribution in [0.25, 0.3) is 10.9 Å². The Bertz CT molecular complexity index is 547. The predicted octanol–water partition coefficient (Wildman–Crippen LogP) is 3.40. The lowest BCUT2D eigenvalue weighted by Crippen LogP contribution is -2.22. The van der Waals surface area contributed by atoms with Crippen LogP contribution in [-0.4, -0.2) is 25.2 Å². The van der Waals surface area contributed by atoms with Crippen molar-refractivity contribution in [1.29, 1.82) is 0 Å². The van der Waals surface area contributed by atoms with Crippen molar-refractivity contribution in [2.45, 2.75) is 20.8 Å². The molecule has 0 atom stereocenters.